The van der Waals surface area contributed by atoms with Crippen LogP contribution in [0.2, 0.25) is 0 Å². The summed E-state index contributed by atoms with van der Waals surface area (Å²) in [7, 11) is 0. The zero-order valence-corrected chi connectivity index (χ0v) is 7.07. The Hall–Kier alpha value is -0.370. The van der Waals surface area contributed by atoms with Crippen LogP contribution in [0.1, 0.15) is 38.2 Å². The quantitative estimate of drug-likeness (QED) is 0.752. The molecule has 1 aromatic rings. The fourth-order valence-electron chi connectivity index (χ4n) is 0.578. The van der Waals surface area contributed by atoms with Crippen molar-refractivity contribution < 1.29 is 13.7 Å². The molecular weight excluding hydrogens is 202 g/mol. The Morgan fingerprint density at radius 3 is 3.36 bits per heavy atom. The van der Waals surface area contributed by atoms with Crippen molar-refractivity contribution in [3.8, 4) is 0 Å². The van der Waals surface area contributed by atoms with E-state index in [-0.39, 0.29) is 15.7 Å². The van der Waals surface area contributed by atoms with E-state index in [1.165, 1.54) is 0 Å². The fourth-order valence-corrected chi connectivity index (χ4v) is 0.927. The Bertz CT molecular complexity index is 532. The standard InChI is InChI=1S/C9H12BrN/c1-3-4-8-5-9(10)7(2)11-6-8/h5-6H,3-4H2,1-2H3/i1D3,2D3,3D2,4D2. The lowest BCUT2D eigenvalue weighted by atomic mass is 10.2. The predicted octanol–water partition coefficient (Wildman–Crippen LogP) is 3.11. The summed E-state index contributed by atoms with van der Waals surface area (Å²) in [6.45, 7) is -5.71. The SMILES string of the molecule is [2H]C([2H])([2H])c1ncc(C([2H])([2H])C([2H])([2H])C([2H])([2H])[2H])cc1Br. The van der Waals surface area contributed by atoms with Gasteiger partial charge in [-0.3, -0.25) is 4.98 Å². The fraction of sp³-hybridized carbons (Fsp3) is 0.444. The van der Waals surface area contributed by atoms with Gasteiger partial charge in [0, 0.05) is 24.4 Å². The summed E-state index contributed by atoms with van der Waals surface area (Å²) in [5, 5.41) is 0. The van der Waals surface area contributed by atoms with Gasteiger partial charge in [-0.2, -0.15) is 0 Å². The molecule has 0 aliphatic carbocycles. The molecule has 0 amide bonds. The molecule has 1 rings (SSSR count). The third kappa shape index (κ3) is 2.29. The van der Waals surface area contributed by atoms with E-state index in [1.807, 2.05) is 0 Å². The largest absolute Gasteiger partial charge is 0.260 e. The highest BCUT2D eigenvalue weighted by Gasteiger charge is 1.96. The van der Waals surface area contributed by atoms with Gasteiger partial charge >= 0.3 is 0 Å². The van der Waals surface area contributed by atoms with E-state index >= 15 is 0 Å². The number of halogens is 1. The molecule has 0 aliphatic rings. The molecule has 0 saturated carbocycles. The highest BCUT2D eigenvalue weighted by atomic mass is 79.9. The summed E-state index contributed by atoms with van der Waals surface area (Å²) >= 11 is 2.94. The molecule has 0 aromatic carbocycles. The second-order valence-corrected chi connectivity index (χ2v) is 2.66. The third-order valence-corrected chi connectivity index (χ3v) is 1.65. The van der Waals surface area contributed by atoms with Crippen LogP contribution in [0, 0.1) is 6.85 Å². The van der Waals surface area contributed by atoms with Gasteiger partial charge in [0.1, 0.15) is 0 Å². The van der Waals surface area contributed by atoms with E-state index in [9.17, 15) is 0 Å². The van der Waals surface area contributed by atoms with Crippen molar-refractivity contribution in [2.75, 3.05) is 0 Å². The first-order valence-electron chi connectivity index (χ1n) is 7.79. The topological polar surface area (TPSA) is 12.9 Å². The average Bonchev–Trinajstić information content (AvgIpc) is 2.25. The molecule has 1 aromatic heterocycles. The van der Waals surface area contributed by atoms with Gasteiger partial charge in [-0.1, -0.05) is 13.2 Å². The lowest BCUT2D eigenvalue weighted by molar-refractivity contribution is 0.908. The monoisotopic (exact) mass is 223 g/mol. The van der Waals surface area contributed by atoms with Crippen LogP contribution in [0.15, 0.2) is 16.7 Å². The maximum absolute atomic E-state index is 7.78. The maximum Gasteiger partial charge on any atom is 0.0514 e. The smallest absolute Gasteiger partial charge is 0.0514 e. The molecule has 1 heterocycles. The van der Waals surface area contributed by atoms with Crippen LogP contribution in [-0.4, -0.2) is 4.98 Å². The van der Waals surface area contributed by atoms with Crippen molar-refractivity contribution in [1.82, 2.24) is 4.98 Å². The van der Waals surface area contributed by atoms with E-state index < -0.39 is 26.4 Å². The van der Waals surface area contributed by atoms with Crippen LogP contribution in [0.25, 0.3) is 0 Å². The highest BCUT2D eigenvalue weighted by Crippen LogP contribution is 2.15. The predicted molar refractivity (Wildman–Crippen MR) is 50.7 cm³/mol. The molecule has 0 atom stereocenters. The number of pyridine rings is 1. The van der Waals surface area contributed by atoms with Crippen LogP contribution < -0.4 is 0 Å². The molecule has 60 valence electrons. The van der Waals surface area contributed by atoms with Gasteiger partial charge < -0.3 is 0 Å². The minimum atomic E-state index is -3.19. The summed E-state index contributed by atoms with van der Waals surface area (Å²) in [5.74, 6) is 0. The number of rotatable bonds is 2. The van der Waals surface area contributed by atoms with Crippen LogP contribution in [0.3, 0.4) is 0 Å². The van der Waals surface area contributed by atoms with Crippen LogP contribution in [-0.2, 0) is 6.37 Å². The molecule has 0 fully saturated rings. The first-order chi connectivity index (χ1) is 9.12. The summed E-state index contributed by atoms with van der Waals surface area (Å²) in [6, 6.07) is 1.04. The average molecular weight is 224 g/mol. The maximum atomic E-state index is 7.78. The van der Waals surface area contributed by atoms with Gasteiger partial charge in [0.15, 0.2) is 0 Å². The number of aromatic nitrogens is 1. The summed E-state index contributed by atoms with van der Waals surface area (Å²) < 4.78 is 73.7. The van der Waals surface area contributed by atoms with E-state index in [2.05, 4.69) is 20.9 Å². The van der Waals surface area contributed by atoms with Crippen molar-refractivity contribution in [3.05, 3.63) is 28.0 Å². The van der Waals surface area contributed by atoms with E-state index in [0.29, 0.717) is 0 Å². The molecule has 11 heavy (non-hydrogen) atoms. The number of hydrogen-bond donors (Lipinski definition) is 0. The third-order valence-electron chi connectivity index (χ3n) is 1.05. The Balaban J connectivity index is 3.38. The Kier molecular flexibility index (Phi) is 0.813. The molecule has 1 nitrogen and oxygen atoms in total. The second-order valence-electron chi connectivity index (χ2n) is 1.80. The summed E-state index contributed by atoms with van der Waals surface area (Å²) in [5.41, 5.74) is -0.667. The van der Waals surface area contributed by atoms with Crippen molar-refractivity contribution in [2.45, 2.75) is 26.4 Å². The minimum Gasteiger partial charge on any atom is -0.260 e. The molecule has 0 saturated heterocycles. The first-order valence-corrected chi connectivity index (χ1v) is 3.58. The Morgan fingerprint density at radius 1 is 1.82 bits per heavy atom. The van der Waals surface area contributed by atoms with Gasteiger partial charge in [-0.05, 0) is 40.8 Å². The Morgan fingerprint density at radius 2 is 2.73 bits per heavy atom. The number of aryl methyl sites for hydroxylation is 2. The van der Waals surface area contributed by atoms with Gasteiger partial charge in [0.25, 0.3) is 0 Å². The normalized spacial score (nSPS) is 28.5. The van der Waals surface area contributed by atoms with E-state index in [1.54, 1.807) is 0 Å². The molecule has 0 spiro atoms. The number of nitrogens with zero attached hydrogens (tertiary/aromatic N) is 1. The molecule has 0 aliphatic heterocycles. The summed E-state index contributed by atoms with van der Waals surface area (Å²) in [4.78, 5) is 3.61. The molecule has 0 unspecified atom stereocenters. The van der Waals surface area contributed by atoms with Crippen molar-refractivity contribution in [1.29, 1.82) is 0 Å². The molecular formula is C9H12BrN. The molecule has 0 radical (unpaired) electrons. The summed E-state index contributed by atoms with van der Waals surface area (Å²) in [6.07, 6.45) is -5.19. The zero-order chi connectivity index (χ0) is 16.9. The molecule has 2 heteroatoms. The Labute approximate surface area is 90.0 Å². The van der Waals surface area contributed by atoms with Gasteiger partial charge in [0.2, 0.25) is 0 Å². The first kappa shape index (κ1) is 2.32. The second kappa shape index (κ2) is 3.86. The van der Waals surface area contributed by atoms with E-state index in [0.717, 1.165) is 12.3 Å². The molecule has 0 bridgehead atoms. The lowest BCUT2D eigenvalue weighted by Gasteiger charge is -2.00. The van der Waals surface area contributed by atoms with Gasteiger partial charge in [-0.15, -0.1) is 0 Å². The van der Waals surface area contributed by atoms with Crippen LogP contribution >= 0.6 is 15.9 Å². The van der Waals surface area contributed by atoms with Crippen LogP contribution in [0.4, 0.5) is 0 Å². The zero-order valence-electron chi connectivity index (χ0n) is 15.5. The van der Waals surface area contributed by atoms with Crippen molar-refractivity contribution in [2.24, 2.45) is 0 Å². The lowest BCUT2D eigenvalue weighted by Crippen LogP contribution is -1.88. The highest BCUT2D eigenvalue weighted by molar-refractivity contribution is 9.10. The van der Waals surface area contributed by atoms with E-state index in [4.69, 9.17) is 13.7 Å². The van der Waals surface area contributed by atoms with Crippen molar-refractivity contribution >= 4 is 15.9 Å². The van der Waals surface area contributed by atoms with Gasteiger partial charge in [-0.25, -0.2) is 0 Å². The van der Waals surface area contributed by atoms with Gasteiger partial charge in [0.05, 0.1) is 5.69 Å². The molecule has 0 N–H and O–H groups in total. The minimum absolute atomic E-state index is 0.0368. The number of hydrogen-bond acceptors (Lipinski definition) is 1. The van der Waals surface area contributed by atoms with Crippen molar-refractivity contribution in [3.63, 3.8) is 0 Å². The van der Waals surface area contributed by atoms with Crippen LogP contribution in [0.5, 0.6) is 0 Å².